The lowest BCUT2D eigenvalue weighted by molar-refractivity contribution is 0.257. The molecule has 2 atom stereocenters. The van der Waals surface area contributed by atoms with Gasteiger partial charge in [0.25, 0.3) is 0 Å². The zero-order chi connectivity index (χ0) is 15.8. The molecule has 1 aromatic carbocycles. The highest BCUT2D eigenvalue weighted by atomic mass is 35.5. The molecule has 0 bridgehead atoms. The topological polar surface area (TPSA) is 72.2 Å². The average Bonchev–Trinajstić information content (AvgIpc) is 2.31. The molecule has 4 nitrogen and oxygen atoms in total. The number of rotatable bonds is 3. The highest BCUT2D eigenvalue weighted by molar-refractivity contribution is 7.89. The van der Waals surface area contributed by atoms with E-state index in [4.69, 9.17) is 17.3 Å². The summed E-state index contributed by atoms with van der Waals surface area (Å²) >= 11 is 5.78. The van der Waals surface area contributed by atoms with Gasteiger partial charge in [-0.1, -0.05) is 25.4 Å². The second-order valence-electron chi connectivity index (χ2n) is 6.04. The number of anilines is 1. The summed E-state index contributed by atoms with van der Waals surface area (Å²) in [6.45, 7) is 4.18. The second kappa shape index (κ2) is 6.10. The lowest BCUT2D eigenvalue weighted by atomic mass is 9.81. The third-order valence-electron chi connectivity index (χ3n) is 3.82. The average molecular weight is 335 g/mol. The standard InChI is InChI=1S/C14H20ClFN2O2S/c1-8-3-9(2)5-11(4-8)18-21(19,20)13-7-10(15)6-12(17)14(13)16/h6-9,11,18H,3-5,17H2,1-2H3. The number of nitrogen functional groups attached to an aromatic ring is 1. The molecule has 2 rings (SSSR count). The van der Waals surface area contributed by atoms with Crippen molar-refractivity contribution in [3.63, 3.8) is 0 Å². The predicted molar refractivity (Wildman–Crippen MR) is 82.1 cm³/mol. The van der Waals surface area contributed by atoms with Crippen molar-refractivity contribution in [2.75, 3.05) is 5.73 Å². The van der Waals surface area contributed by atoms with Crippen molar-refractivity contribution in [2.45, 2.75) is 44.0 Å². The Morgan fingerprint density at radius 2 is 1.81 bits per heavy atom. The Morgan fingerprint density at radius 1 is 1.24 bits per heavy atom. The van der Waals surface area contributed by atoms with E-state index in [9.17, 15) is 12.8 Å². The van der Waals surface area contributed by atoms with Crippen molar-refractivity contribution >= 4 is 27.3 Å². The molecule has 2 unspecified atom stereocenters. The first-order valence-electron chi connectivity index (χ1n) is 6.96. The molecular formula is C14H20ClFN2O2S. The third kappa shape index (κ3) is 3.87. The highest BCUT2D eigenvalue weighted by Gasteiger charge is 2.30. The van der Waals surface area contributed by atoms with Gasteiger partial charge in [0.15, 0.2) is 5.82 Å². The smallest absolute Gasteiger partial charge is 0.243 e. The highest BCUT2D eigenvalue weighted by Crippen LogP contribution is 2.30. The molecule has 0 spiro atoms. The van der Waals surface area contributed by atoms with E-state index in [2.05, 4.69) is 18.6 Å². The first-order chi connectivity index (χ1) is 9.69. The minimum Gasteiger partial charge on any atom is -0.396 e. The Labute approximate surface area is 129 Å². The van der Waals surface area contributed by atoms with Gasteiger partial charge in [-0.15, -0.1) is 0 Å². The van der Waals surface area contributed by atoms with Gasteiger partial charge < -0.3 is 5.73 Å². The molecular weight excluding hydrogens is 315 g/mol. The molecule has 1 saturated carbocycles. The van der Waals surface area contributed by atoms with Crippen molar-refractivity contribution in [1.29, 1.82) is 0 Å². The third-order valence-corrected chi connectivity index (χ3v) is 5.56. The van der Waals surface area contributed by atoms with Gasteiger partial charge in [-0.3, -0.25) is 0 Å². The van der Waals surface area contributed by atoms with Crippen LogP contribution < -0.4 is 10.5 Å². The van der Waals surface area contributed by atoms with Crippen molar-refractivity contribution in [1.82, 2.24) is 4.72 Å². The van der Waals surface area contributed by atoms with Gasteiger partial charge >= 0.3 is 0 Å². The van der Waals surface area contributed by atoms with Crippen molar-refractivity contribution in [3.8, 4) is 0 Å². The van der Waals surface area contributed by atoms with E-state index in [0.717, 1.165) is 25.3 Å². The summed E-state index contributed by atoms with van der Waals surface area (Å²) in [5.74, 6) is -0.0738. The zero-order valence-corrected chi connectivity index (χ0v) is 13.6. The summed E-state index contributed by atoms with van der Waals surface area (Å²) in [6.07, 6.45) is 2.58. The zero-order valence-electron chi connectivity index (χ0n) is 12.1. The Kier molecular flexibility index (Phi) is 4.80. The number of hydrogen-bond acceptors (Lipinski definition) is 3. The summed E-state index contributed by atoms with van der Waals surface area (Å²) in [6, 6.07) is 2.10. The van der Waals surface area contributed by atoms with E-state index in [1.165, 1.54) is 6.07 Å². The summed E-state index contributed by atoms with van der Waals surface area (Å²) in [4.78, 5) is -0.488. The minimum absolute atomic E-state index is 0.0969. The van der Waals surface area contributed by atoms with E-state index >= 15 is 0 Å². The normalized spacial score (nSPS) is 26.8. The summed E-state index contributed by atoms with van der Waals surface area (Å²) in [7, 11) is -3.97. The van der Waals surface area contributed by atoms with E-state index < -0.39 is 20.7 Å². The van der Waals surface area contributed by atoms with E-state index in [-0.39, 0.29) is 16.8 Å². The Bertz CT molecular complexity index is 626. The molecule has 1 fully saturated rings. The number of halogens is 2. The van der Waals surface area contributed by atoms with Crippen LogP contribution in [0.1, 0.15) is 33.1 Å². The quantitative estimate of drug-likeness (QED) is 0.834. The largest absolute Gasteiger partial charge is 0.396 e. The molecule has 1 aromatic rings. The number of nitrogens with one attached hydrogen (secondary N) is 1. The molecule has 1 aliphatic carbocycles. The van der Waals surface area contributed by atoms with E-state index in [1.807, 2.05) is 0 Å². The number of nitrogens with two attached hydrogens (primary N) is 1. The van der Waals surface area contributed by atoms with E-state index in [1.54, 1.807) is 0 Å². The molecule has 118 valence electrons. The molecule has 7 heteroatoms. The van der Waals surface area contributed by atoms with Crippen LogP contribution in [0.15, 0.2) is 17.0 Å². The SMILES string of the molecule is CC1CC(C)CC(NS(=O)(=O)c2cc(Cl)cc(N)c2F)C1. The molecule has 0 amide bonds. The van der Waals surface area contributed by atoms with Crippen LogP contribution in [0.2, 0.25) is 5.02 Å². The van der Waals surface area contributed by atoms with Crippen LogP contribution in [0.3, 0.4) is 0 Å². The van der Waals surface area contributed by atoms with Crippen LogP contribution in [-0.4, -0.2) is 14.5 Å². The van der Waals surface area contributed by atoms with E-state index in [0.29, 0.717) is 11.8 Å². The van der Waals surface area contributed by atoms with Crippen LogP contribution in [-0.2, 0) is 10.0 Å². The molecule has 1 aliphatic rings. The van der Waals surface area contributed by atoms with Crippen LogP contribution in [0.5, 0.6) is 0 Å². The minimum atomic E-state index is -3.97. The maximum atomic E-state index is 14.0. The van der Waals surface area contributed by atoms with Gasteiger partial charge in [0.1, 0.15) is 4.90 Å². The van der Waals surface area contributed by atoms with Crippen LogP contribution in [0, 0.1) is 17.7 Å². The fourth-order valence-electron chi connectivity index (χ4n) is 3.11. The Hall–Kier alpha value is -0.850. The summed E-state index contributed by atoms with van der Waals surface area (Å²) < 4.78 is 41.3. The maximum Gasteiger partial charge on any atom is 0.243 e. The van der Waals surface area contributed by atoms with Crippen LogP contribution in [0.25, 0.3) is 0 Å². The van der Waals surface area contributed by atoms with Gasteiger partial charge in [0.05, 0.1) is 5.69 Å². The first kappa shape index (κ1) is 16.5. The molecule has 0 aliphatic heterocycles. The van der Waals surface area contributed by atoms with Crippen LogP contribution in [0.4, 0.5) is 10.1 Å². The lowest BCUT2D eigenvalue weighted by Crippen LogP contribution is -2.40. The fraction of sp³-hybridized carbons (Fsp3) is 0.571. The molecule has 0 heterocycles. The Morgan fingerprint density at radius 3 is 2.38 bits per heavy atom. The molecule has 0 saturated heterocycles. The van der Waals surface area contributed by atoms with Crippen molar-refractivity contribution in [2.24, 2.45) is 11.8 Å². The molecule has 21 heavy (non-hydrogen) atoms. The monoisotopic (exact) mass is 334 g/mol. The number of hydrogen-bond donors (Lipinski definition) is 2. The number of benzene rings is 1. The Balaban J connectivity index is 2.27. The van der Waals surface area contributed by atoms with Gasteiger partial charge in [-0.25, -0.2) is 17.5 Å². The van der Waals surface area contributed by atoms with Gasteiger partial charge in [-0.2, -0.15) is 0 Å². The van der Waals surface area contributed by atoms with Gasteiger partial charge in [-0.05, 0) is 43.2 Å². The van der Waals surface area contributed by atoms with Crippen molar-refractivity contribution in [3.05, 3.63) is 23.0 Å². The molecule has 0 aromatic heterocycles. The number of sulfonamides is 1. The van der Waals surface area contributed by atoms with Gasteiger partial charge in [0.2, 0.25) is 10.0 Å². The molecule has 3 N–H and O–H groups in total. The van der Waals surface area contributed by atoms with Gasteiger partial charge in [0, 0.05) is 11.1 Å². The summed E-state index contributed by atoms with van der Waals surface area (Å²) in [5.41, 5.74) is 5.17. The maximum absolute atomic E-state index is 14.0. The molecule has 0 radical (unpaired) electrons. The van der Waals surface area contributed by atoms with Crippen LogP contribution >= 0.6 is 11.6 Å². The second-order valence-corrected chi connectivity index (χ2v) is 8.16. The fourth-order valence-corrected chi connectivity index (χ4v) is 4.79. The lowest BCUT2D eigenvalue weighted by Gasteiger charge is -2.31. The first-order valence-corrected chi connectivity index (χ1v) is 8.82. The summed E-state index contributed by atoms with van der Waals surface area (Å²) in [5, 5.41) is 0.0969. The van der Waals surface area contributed by atoms with Crippen molar-refractivity contribution < 1.29 is 12.8 Å². The predicted octanol–water partition coefficient (Wildman–Crippen LogP) is 3.16.